The number of nitrogens with one attached hydrogen (secondary N) is 2. The molecule has 0 radical (unpaired) electrons. The Labute approximate surface area is 156 Å². The summed E-state index contributed by atoms with van der Waals surface area (Å²) in [6.07, 6.45) is 1.48. The van der Waals surface area contributed by atoms with Gasteiger partial charge in [0.1, 0.15) is 28.7 Å². The highest BCUT2D eigenvalue weighted by Crippen LogP contribution is 2.29. The molecule has 1 heterocycles. The smallest absolute Gasteiger partial charge is 0.263 e. The van der Waals surface area contributed by atoms with Crippen LogP contribution in [0.25, 0.3) is 0 Å². The van der Waals surface area contributed by atoms with Crippen LogP contribution in [0.15, 0.2) is 60.8 Å². The number of aromatic nitrogens is 1. The molecular weight excluding hydrogens is 349 g/mol. The highest BCUT2D eigenvalue weighted by Gasteiger charge is 2.18. The Hall–Kier alpha value is -3.61. The van der Waals surface area contributed by atoms with E-state index in [1.807, 2.05) is 0 Å². The molecule has 0 atom stereocenters. The third-order valence-electron chi connectivity index (χ3n) is 3.81. The number of carbonyl (C=O) groups is 1. The standard InChI is InChI=1S/C20H18FN3O3/c1-26-16-8-5-9-17(27-2)19(16)20(25)23-13-10-11-18(22-12-13)24-15-7-4-3-6-14(15)21/h3-12H,1-2H3,(H,22,24)(H,23,25). The maximum absolute atomic E-state index is 13.7. The van der Waals surface area contributed by atoms with Gasteiger partial charge in [-0.3, -0.25) is 4.79 Å². The van der Waals surface area contributed by atoms with E-state index in [1.165, 1.54) is 26.5 Å². The SMILES string of the molecule is COc1cccc(OC)c1C(=O)Nc1ccc(Nc2ccccc2F)nc1. The molecule has 2 aromatic carbocycles. The van der Waals surface area contributed by atoms with Crippen molar-refractivity contribution < 1.29 is 18.7 Å². The first kappa shape index (κ1) is 18.2. The third-order valence-corrected chi connectivity index (χ3v) is 3.81. The van der Waals surface area contributed by atoms with E-state index in [1.54, 1.807) is 48.5 Å². The van der Waals surface area contributed by atoms with E-state index < -0.39 is 0 Å². The van der Waals surface area contributed by atoms with E-state index in [0.29, 0.717) is 28.7 Å². The molecule has 0 unspecified atom stereocenters. The van der Waals surface area contributed by atoms with E-state index in [2.05, 4.69) is 15.6 Å². The van der Waals surface area contributed by atoms with Crippen molar-refractivity contribution in [3.63, 3.8) is 0 Å². The van der Waals surface area contributed by atoms with Gasteiger partial charge in [0.25, 0.3) is 5.91 Å². The zero-order valence-corrected chi connectivity index (χ0v) is 14.8. The second-order valence-electron chi connectivity index (χ2n) is 5.53. The van der Waals surface area contributed by atoms with Crippen molar-refractivity contribution in [2.75, 3.05) is 24.9 Å². The summed E-state index contributed by atoms with van der Waals surface area (Å²) in [6.45, 7) is 0. The monoisotopic (exact) mass is 367 g/mol. The van der Waals surface area contributed by atoms with Gasteiger partial charge < -0.3 is 20.1 Å². The summed E-state index contributed by atoms with van der Waals surface area (Å²) < 4.78 is 24.2. The van der Waals surface area contributed by atoms with Gasteiger partial charge in [0.2, 0.25) is 0 Å². The number of amides is 1. The average molecular weight is 367 g/mol. The molecular formula is C20H18FN3O3. The number of rotatable bonds is 6. The summed E-state index contributed by atoms with van der Waals surface area (Å²) >= 11 is 0. The molecule has 0 aliphatic rings. The average Bonchev–Trinajstić information content (AvgIpc) is 2.70. The molecule has 2 N–H and O–H groups in total. The number of pyridine rings is 1. The largest absolute Gasteiger partial charge is 0.496 e. The lowest BCUT2D eigenvalue weighted by molar-refractivity contribution is 0.102. The summed E-state index contributed by atoms with van der Waals surface area (Å²) in [5.74, 6) is 0.490. The van der Waals surface area contributed by atoms with Crippen molar-refractivity contribution in [1.82, 2.24) is 4.98 Å². The van der Waals surface area contributed by atoms with Crippen molar-refractivity contribution >= 4 is 23.1 Å². The van der Waals surface area contributed by atoms with Crippen LogP contribution in [0.3, 0.4) is 0 Å². The van der Waals surface area contributed by atoms with Gasteiger partial charge in [-0.25, -0.2) is 9.37 Å². The number of para-hydroxylation sites is 1. The first-order valence-corrected chi connectivity index (χ1v) is 8.12. The summed E-state index contributed by atoms with van der Waals surface area (Å²) in [4.78, 5) is 16.8. The van der Waals surface area contributed by atoms with Crippen molar-refractivity contribution in [1.29, 1.82) is 0 Å². The number of hydrogen-bond donors (Lipinski definition) is 2. The fraction of sp³-hybridized carbons (Fsp3) is 0.100. The molecule has 1 aromatic heterocycles. The fourth-order valence-corrected chi connectivity index (χ4v) is 2.51. The lowest BCUT2D eigenvalue weighted by atomic mass is 10.1. The Morgan fingerprint density at radius 3 is 2.26 bits per heavy atom. The van der Waals surface area contributed by atoms with Crippen LogP contribution < -0.4 is 20.1 Å². The van der Waals surface area contributed by atoms with Crippen LogP contribution in [-0.4, -0.2) is 25.1 Å². The number of ether oxygens (including phenoxy) is 2. The minimum absolute atomic E-state index is 0.288. The lowest BCUT2D eigenvalue weighted by Crippen LogP contribution is -2.14. The predicted molar refractivity (Wildman–Crippen MR) is 101 cm³/mol. The highest BCUT2D eigenvalue weighted by molar-refractivity contribution is 6.08. The Kier molecular flexibility index (Phi) is 5.51. The normalized spacial score (nSPS) is 10.2. The van der Waals surface area contributed by atoms with E-state index >= 15 is 0 Å². The Morgan fingerprint density at radius 1 is 0.963 bits per heavy atom. The molecule has 0 aliphatic carbocycles. The van der Waals surface area contributed by atoms with Crippen LogP contribution in [0.1, 0.15) is 10.4 Å². The quantitative estimate of drug-likeness (QED) is 0.682. The Bertz CT molecular complexity index is 923. The second kappa shape index (κ2) is 8.18. The van der Waals surface area contributed by atoms with Gasteiger partial charge in [-0.15, -0.1) is 0 Å². The molecule has 0 bridgehead atoms. The first-order chi connectivity index (χ1) is 13.1. The molecule has 138 valence electrons. The number of anilines is 3. The van der Waals surface area contributed by atoms with E-state index in [-0.39, 0.29) is 17.3 Å². The van der Waals surface area contributed by atoms with Gasteiger partial charge in [0, 0.05) is 0 Å². The number of carbonyl (C=O) groups excluding carboxylic acids is 1. The van der Waals surface area contributed by atoms with Gasteiger partial charge in [0.15, 0.2) is 0 Å². The number of methoxy groups -OCH3 is 2. The van der Waals surface area contributed by atoms with E-state index in [9.17, 15) is 9.18 Å². The topological polar surface area (TPSA) is 72.5 Å². The molecule has 7 heteroatoms. The van der Waals surface area contributed by atoms with Gasteiger partial charge >= 0.3 is 0 Å². The summed E-state index contributed by atoms with van der Waals surface area (Å²) in [5, 5.41) is 5.63. The van der Waals surface area contributed by atoms with Gasteiger partial charge in [-0.05, 0) is 36.4 Å². The van der Waals surface area contributed by atoms with Crippen LogP contribution >= 0.6 is 0 Å². The molecule has 0 saturated carbocycles. The van der Waals surface area contributed by atoms with Crippen molar-refractivity contribution in [3.05, 3.63) is 72.2 Å². The summed E-state index contributed by atoms with van der Waals surface area (Å²) in [7, 11) is 2.96. The minimum Gasteiger partial charge on any atom is -0.496 e. The van der Waals surface area contributed by atoms with Crippen molar-refractivity contribution in [2.24, 2.45) is 0 Å². The maximum atomic E-state index is 13.7. The molecule has 3 rings (SSSR count). The number of halogens is 1. The molecule has 0 spiro atoms. The molecule has 27 heavy (non-hydrogen) atoms. The zero-order valence-electron chi connectivity index (χ0n) is 14.8. The van der Waals surface area contributed by atoms with Crippen LogP contribution in [0.5, 0.6) is 11.5 Å². The van der Waals surface area contributed by atoms with Crippen LogP contribution in [0.2, 0.25) is 0 Å². The first-order valence-electron chi connectivity index (χ1n) is 8.12. The molecule has 0 saturated heterocycles. The van der Waals surface area contributed by atoms with Crippen LogP contribution in [-0.2, 0) is 0 Å². The van der Waals surface area contributed by atoms with E-state index in [0.717, 1.165) is 0 Å². The van der Waals surface area contributed by atoms with E-state index in [4.69, 9.17) is 9.47 Å². The molecule has 0 fully saturated rings. The number of benzene rings is 2. The minimum atomic E-state index is -0.388. The Morgan fingerprint density at radius 2 is 1.67 bits per heavy atom. The third kappa shape index (κ3) is 4.14. The second-order valence-corrected chi connectivity index (χ2v) is 5.53. The molecule has 0 aliphatic heterocycles. The lowest BCUT2D eigenvalue weighted by Gasteiger charge is -2.13. The molecule has 3 aromatic rings. The summed E-state index contributed by atoms with van der Waals surface area (Å²) in [6, 6.07) is 14.7. The summed E-state index contributed by atoms with van der Waals surface area (Å²) in [5.41, 5.74) is 1.09. The van der Waals surface area contributed by atoms with Gasteiger partial charge in [-0.1, -0.05) is 18.2 Å². The van der Waals surface area contributed by atoms with Gasteiger partial charge in [-0.2, -0.15) is 0 Å². The number of hydrogen-bond acceptors (Lipinski definition) is 5. The maximum Gasteiger partial charge on any atom is 0.263 e. The predicted octanol–water partition coefficient (Wildman–Crippen LogP) is 4.23. The van der Waals surface area contributed by atoms with Gasteiger partial charge in [0.05, 0.1) is 31.8 Å². The zero-order chi connectivity index (χ0) is 19.2. The van der Waals surface area contributed by atoms with Crippen molar-refractivity contribution in [2.45, 2.75) is 0 Å². The fourth-order valence-electron chi connectivity index (χ4n) is 2.51. The van der Waals surface area contributed by atoms with Crippen LogP contribution in [0, 0.1) is 5.82 Å². The molecule has 6 nitrogen and oxygen atoms in total. The van der Waals surface area contributed by atoms with Crippen LogP contribution in [0.4, 0.5) is 21.6 Å². The highest BCUT2D eigenvalue weighted by atomic mass is 19.1. The number of nitrogens with zero attached hydrogens (tertiary/aromatic N) is 1. The Balaban J connectivity index is 1.75. The van der Waals surface area contributed by atoms with Crippen molar-refractivity contribution in [3.8, 4) is 11.5 Å². The molecule has 1 amide bonds.